The van der Waals surface area contributed by atoms with Crippen LogP contribution in [-0.2, 0) is 19.3 Å². The zero-order valence-electron chi connectivity index (χ0n) is 4.61. The van der Waals surface area contributed by atoms with Gasteiger partial charge in [0.25, 0.3) is 0 Å². The number of hydrogen-bond donors (Lipinski definition) is 0. The second-order valence-electron chi connectivity index (χ2n) is 1.37. The predicted molar refractivity (Wildman–Crippen MR) is 31.1 cm³/mol. The van der Waals surface area contributed by atoms with Crippen LogP contribution >= 0.6 is 0 Å². The summed E-state index contributed by atoms with van der Waals surface area (Å²) in [6.45, 7) is 0. The van der Waals surface area contributed by atoms with Gasteiger partial charge in [0.05, 0.1) is 0 Å². The van der Waals surface area contributed by atoms with E-state index in [-0.39, 0.29) is 0 Å². The first-order chi connectivity index (χ1) is 4.39. The van der Waals surface area contributed by atoms with Gasteiger partial charge in [-0.25, -0.2) is 0 Å². The molecule has 0 radical (unpaired) electrons. The molecule has 3 heteroatoms. The van der Waals surface area contributed by atoms with E-state index in [0.717, 1.165) is 0 Å². The molecule has 0 aromatic heterocycles. The van der Waals surface area contributed by atoms with E-state index < -0.39 is 0 Å². The molecule has 2 nitrogen and oxygen atoms in total. The summed E-state index contributed by atoms with van der Waals surface area (Å²) in [5.41, 5.74) is 7.57. The molecule has 0 atom stereocenters. The summed E-state index contributed by atoms with van der Waals surface area (Å²) in [6.07, 6.45) is 0. The Labute approximate surface area is 61.6 Å². The summed E-state index contributed by atoms with van der Waals surface area (Å²) in [5.74, 6) is 0. The van der Waals surface area contributed by atoms with Gasteiger partial charge in [0, 0.05) is 0 Å². The molecule has 0 aliphatic carbocycles. The average Bonchev–Trinajstić information content (AvgIpc) is 1.94. The van der Waals surface area contributed by atoms with E-state index in [9.17, 15) is 0 Å². The SMILES string of the molecule is [NH-]c1ccccc1.[O]=[Ni]. The average molecular weight is 167 g/mol. The number of benzene rings is 1. The van der Waals surface area contributed by atoms with Crippen LogP contribution < -0.4 is 0 Å². The molecule has 0 amide bonds. The Morgan fingerprint density at radius 3 is 1.78 bits per heavy atom. The maximum atomic E-state index is 7.88. The van der Waals surface area contributed by atoms with Crippen LogP contribution in [0, 0.1) is 0 Å². The molecule has 0 saturated heterocycles. The second kappa shape index (κ2) is 5.45. The monoisotopic (exact) mass is 166 g/mol. The molecular formula is C6H6NNiO-. The van der Waals surface area contributed by atoms with Gasteiger partial charge in [-0.05, 0) is 0 Å². The van der Waals surface area contributed by atoms with Gasteiger partial charge in [0.1, 0.15) is 0 Å². The molecular weight excluding hydrogens is 161 g/mol. The fourth-order valence-electron chi connectivity index (χ4n) is 0.438. The third kappa shape index (κ3) is 3.86. The zero-order chi connectivity index (χ0) is 7.11. The van der Waals surface area contributed by atoms with E-state index in [0.29, 0.717) is 5.69 Å². The minimum atomic E-state index is 0.572. The number of rotatable bonds is 0. The fourth-order valence-corrected chi connectivity index (χ4v) is 0.438. The Morgan fingerprint density at radius 2 is 1.56 bits per heavy atom. The first kappa shape index (κ1) is 8.31. The van der Waals surface area contributed by atoms with Crippen molar-refractivity contribution < 1.29 is 19.3 Å². The summed E-state index contributed by atoms with van der Waals surface area (Å²) in [6, 6.07) is 9.10. The molecule has 0 bridgehead atoms. The van der Waals surface area contributed by atoms with Crippen LogP contribution in [0.4, 0.5) is 5.69 Å². The van der Waals surface area contributed by atoms with E-state index in [1.165, 1.54) is 0 Å². The quantitative estimate of drug-likeness (QED) is 0.546. The van der Waals surface area contributed by atoms with Crippen LogP contribution in [0.2, 0.25) is 0 Å². The Kier molecular flexibility index (Phi) is 5.03. The molecule has 0 fully saturated rings. The number of hydrogen-bond acceptors (Lipinski definition) is 1. The molecule has 0 aliphatic rings. The van der Waals surface area contributed by atoms with Gasteiger partial charge < -0.3 is 5.73 Å². The Morgan fingerprint density at radius 1 is 1.11 bits per heavy atom. The third-order valence-electron chi connectivity index (χ3n) is 0.774. The van der Waals surface area contributed by atoms with Crippen molar-refractivity contribution in [2.75, 3.05) is 0 Å². The van der Waals surface area contributed by atoms with Crippen molar-refractivity contribution in [2.45, 2.75) is 0 Å². The van der Waals surface area contributed by atoms with E-state index in [2.05, 4.69) is 15.4 Å². The Balaban J connectivity index is 0.000000291. The Hall–Kier alpha value is -0.686. The number of nitrogens with one attached hydrogen (secondary N) is 1. The molecule has 52 valence electrons. The van der Waals surface area contributed by atoms with Crippen molar-refractivity contribution in [3.63, 3.8) is 0 Å². The summed E-state index contributed by atoms with van der Waals surface area (Å²) in [7, 11) is 0. The van der Waals surface area contributed by atoms with Crippen LogP contribution in [-0.4, -0.2) is 0 Å². The summed E-state index contributed by atoms with van der Waals surface area (Å²) >= 11 is 2.62. The molecule has 0 unspecified atom stereocenters. The van der Waals surface area contributed by atoms with Crippen LogP contribution in [0.15, 0.2) is 30.3 Å². The van der Waals surface area contributed by atoms with Crippen LogP contribution in [0.25, 0.3) is 5.73 Å². The standard InChI is InChI=1S/C6H6N.Ni.O/c7-6-4-2-1-3-5-6;;/h1-5,7H;;/q-1;;. The predicted octanol–water partition coefficient (Wildman–Crippen LogP) is 2.25. The van der Waals surface area contributed by atoms with Gasteiger partial charge in [0.2, 0.25) is 0 Å². The maximum absolute atomic E-state index is 7.88. The molecule has 1 N–H and O–H groups in total. The zero-order valence-corrected chi connectivity index (χ0v) is 5.60. The normalized spacial score (nSPS) is 7.33. The van der Waals surface area contributed by atoms with Crippen molar-refractivity contribution in [1.29, 1.82) is 0 Å². The van der Waals surface area contributed by atoms with Gasteiger partial charge >= 0.3 is 19.3 Å². The van der Waals surface area contributed by atoms with Gasteiger partial charge in [-0.2, -0.15) is 0 Å². The summed E-state index contributed by atoms with van der Waals surface area (Å²) in [4.78, 5) is 0. The molecule has 0 aliphatic heterocycles. The molecule has 0 saturated carbocycles. The molecule has 1 aromatic carbocycles. The molecule has 1 aromatic rings. The van der Waals surface area contributed by atoms with Gasteiger partial charge in [0.15, 0.2) is 0 Å². The third-order valence-corrected chi connectivity index (χ3v) is 0.774. The van der Waals surface area contributed by atoms with E-state index in [4.69, 9.17) is 9.63 Å². The van der Waals surface area contributed by atoms with E-state index >= 15 is 0 Å². The van der Waals surface area contributed by atoms with Crippen LogP contribution in [0.5, 0.6) is 0 Å². The second-order valence-corrected chi connectivity index (χ2v) is 1.37. The van der Waals surface area contributed by atoms with Crippen LogP contribution in [0.1, 0.15) is 0 Å². The van der Waals surface area contributed by atoms with Gasteiger partial charge in [-0.15, -0.1) is 5.69 Å². The first-order valence-electron chi connectivity index (χ1n) is 2.29. The fraction of sp³-hybridized carbons (Fsp3) is 0. The van der Waals surface area contributed by atoms with Crippen molar-refractivity contribution >= 4 is 5.69 Å². The topological polar surface area (TPSA) is 40.9 Å². The molecule has 9 heavy (non-hydrogen) atoms. The van der Waals surface area contributed by atoms with Gasteiger partial charge in [-0.1, -0.05) is 30.3 Å². The van der Waals surface area contributed by atoms with Gasteiger partial charge in [-0.3, -0.25) is 0 Å². The molecule has 0 heterocycles. The van der Waals surface area contributed by atoms with E-state index in [1.807, 2.05) is 18.2 Å². The molecule has 1 rings (SSSR count). The van der Waals surface area contributed by atoms with Crippen molar-refractivity contribution in [2.24, 2.45) is 0 Å². The van der Waals surface area contributed by atoms with Crippen molar-refractivity contribution in [1.82, 2.24) is 0 Å². The summed E-state index contributed by atoms with van der Waals surface area (Å²) < 4.78 is 7.88. The van der Waals surface area contributed by atoms with E-state index in [1.54, 1.807) is 12.1 Å². The first-order valence-corrected chi connectivity index (χ1v) is 2.69. The Bertz CT molecular complexity index is 154. The summed E-state index contributed by atoms with van der Waals surface area (Å²) in [5, 5.41) is 0. The minimum absolute atomic E-state index is 0.572. The van der Waals surface area contributed by atoms with Crippen molar-refractivity contribution in [3.8, 4) is 0 Å². The molecule has 0 spiro atoms. The van der Waals surface area contributed by atoms with Crippen LogP contribution in [0.3, 0.4) is 0 Å². The van der Waals surface area contributed by atoms with Crippen molar-refractivity contribution in [3.05, 3.63) is 36.1 Å².